The second-order valence-corrected chi connectivity index (χ2v) is 9.16. The number of carbonyl (C=O) groups is 2. The second-order valence-electron chi connectivity index (χ2n) is 8.78. The van der Waals surface area contributed by atoms with Gasteiger partial charge in [-0.1, -0.05) is 23.7 Å². The SMILES string of the molecule is O=C(NC1CONC1=O)c1ccc(C2=NCC(c3cc(C(F)(F)F)c(Cl)c(C(F)(F)F)c3)(C(F)(F)F)C2)cc1. The van der Waals surface area contributed by atoms with Crippen molar-refractivity contribution in [2.24, 2.45) is 4.99 Å². The zero-order valence-electron chi connectivity index (χ0n) is 19.1. The maximum absolute atomic E-state index is 14.4. The number of amides is 2. The molecular weight excluding hydrogens is 573 g/mol. The first-order chi connectivity index (χ1) is 17.9. The van der Waals surface area contributed by atoms with Gasteiger partial charge in [-0.15, -0.1) is 0 Å². The second kappa shape index (κ2) is 9.70. The minimum atomic E-state index is -5.47. The van der Waals surface area contributed by atoms with Crippen LogP contribution in [0.2, 0.25) is 5.02 Å². The third-order valence-electron chi connectivity index (χ3n) is 6.31. The summed E-state index contributed by atoms with van der Waals surface area (Å²) in [5.74, 6) is -1.29. The molecule has 1 fully saturated rings. The summed E-state index contributed by atoms with van der Waals surface area (Å²) in [4.78, 5) is 32.3. The number of hydroxylamine groups is 1. The Kier molecular flexibility index (Phi) is 7.13. The Morgan fingerprint density at radius 2 is 1.56 bits per heavy atom. The van der Waals surface area contributed by atoms with E-state index >= 15 is 0 Å². The van der Waals surface area contributed by atoms with E-state index in [-0.39, 0.29) is 35.6 Å². The average Bonchev–Trinajstić information content (AvgIpc) is 3.45. The number of alkyl halides is 9. The summed E-state index contributed by atoms with van der Waals surface area (Å²) in [6.45, 7) is -1.31. The van der Waals surface area contributed by atoms with Gasteiger partial charge in [-0.2, -0.15) is 39.5 Å². The summed E-state index contributed by atoms with van der Waals surface area (Å²) < 4.78 is 124. The highest BCUT2D eigenvalue weighted by Gasteiger charge is 2.59. The molecule has 2 atom stereocenters. The molecule has 0 aromatic heterocycles. The molecule has 1 saturated heterocycles. The van der Waals surface area contributed by atoms with E-state index in [2.05, 4.69) is 15.1 Å². The number of nitrogens with zero attached hydrogens (tertiary/aromatic N) is 1. The minimum Gasteiger partial charge on any atom is -0.338 e. The van der Waals surface area contributed by atoms with Crippen LogP contribution in [0.1, 0.15) is 39.0 Å². The van der Waals surface area contributed by atoms with Gasteiger partial charge in [-0.3, -0.25) is 19.4 Å². The highest BCUT2D eigenvalue weighted by atomic mass is 35.5. The molecule has 0 spiro atoms. The fraction of sp³-hybridized carbons (Fsp3) is 0.348. The molecule has 0 aliphatic carbocycles. The molecule has 2 amide bonds. The van der Waals surface area contributed by atoms with Gasteiger partial charge in [-0.05, 0) is 35.4 Å². The summed E-state index contributed by atoms with van der Waals surface area (Å²) in [5.41, 5.74) is -6.74. The molecule has 2 aliphatic rings. The molecule has 39 heavy (non-hydrogen) atoms. The van der Waals surface area contributed by atoms with Gasteiger partial charge in [0.2, 0.25) is 0 Å². The van der Waals surface area contributed by atoms with Crippen LogP contribution in [0.25, 0.3) is 0 Å². The van der Waals surface area contributed by atoms with Gasteiger partial charge in [0.25, 0.3) is 11.8 Å². The van der Waals surface area contributed by atoms with E-state index in [9.17, 15) is 49.1 Å². The van der Waals surface area contributed by atoms with Gasteiger partial charge in [0, 0.05) is 17.7 Å². The molecule has 0 bridgehead atoms. The summed E-state index contributed by atoms with van der Waals surface area (Å²) >= 11 is 5.33. The largest absolute Gasteiger partial charge is 0.417 e. The lowest BCUT2D eigenvalue weighted by atomic mass is 9.75. The van der Waals surface area contributed by atoms with Crippen molar-refractivity contribution in [2.45, 2.75) is 36.4 Å². The standard InChI is InChI=1S/C23H15ClF9N3O3/c24-17-13(21(25,26)27)5-12(6-14(17)22(28,29)30)20(23(31,32)33)7-15(34-9-20)10-1-3-11(4-2-10)18(37)35-16-8-39-36-19(16)38/h1-6,16H,7-9H2,(H,35,37)(H,36,38). The third kappa shape index (κ3) is 5.41. The van der Waals surface area contributed by atoms with Gasteiger partial charge in [0.15, 0.2) is 0 Å². The van der Waals surface area contributed by atoms with E-state index in [0.29, 0.717) is 0 Å². The lowest BCUT2D eigenvalue weighted by molar-refractivity contribution is -0.184. The molecule has 2 unspecified atom stereocenters. The van der Waals surface area contributed by atoms with Gasteiger partial charge in [-0.25, -0.2) is 5.48 Å². The lowest BCUT2D eigenvalue weighted by Crippen LogP contribution is -2.44. The van der Waals surface area contributed by atoms with Crippen molar-refractivity contribution in [1.82, 2.24) is 10.8 Å². The summed E-state index contributed by atoms with van der Waals surface area (Å²) in [6, 6.07) is 3.83. The highest BCUT2D eigenvalue weighted by Crippen LogP contribution is 2.51. The number of benzene rings is 2. The Balaban J connectivity index is 1.67. The van der Waals surface area contributed by atoms with Crippen molar-refractivity contribution in [3.63, 3.8) is 0 Å². The van der Waals surface area contributed by atoms with Crippen LogP contribution < -0.4 is 10.8 Å². The van der Waals surface area contributed by atoms with Crippen molar-refractivity contribution in [1.29, 1.82) is 0 Å². The predicted octanol–water partition coefficient (Wildman–Crippen LogP) is 5.23. The van der Waals surface area contributed by atoms with Gasteiger partial charge in [0.05, 0.1) is 22.7 Å². The van der Waals surface area contributed by atoms with Crippen LogP contribution in [0.3, 0.4) is 0 Å². The maximum Gasteiger partial charge on any atom is 0.417 e. The van der Waals surface area contributed by atoms with E-state index in [4.69, 9.17) is 11.6 Å². The molecule has 2 N–H and O–H groups in total. The van der Waals surface area contributed by atoms with E-state index in [0.717, 1.165) is 0 Å². The van der Waals surface area contributed by atoms with E-state index in [1.54, 1.807) is 0 Å². The molecule has 0 saturated carbocycles. The molecule has 6 nitrogen and oxygen atoms in total. The Morgan fingerprint density at radius 1 is 1.00 bits per heavy atom. The molecule has 2 aromatic rings. The molecule has 4 rings (SSSR count). The Hall–Kier alpha value is -3.33. The normalized spacial score (nSPS) is 22.1. The number of aliphatic imine (C=N–C) groups is 1. The fourth-order valence-corrected chi connectivity index (χ4v) is 4.51. The van der Waals surface area contributed by atoms with Crippen LogP contribution >= 0.6 is 11.6 Å². The van der Waals surface area contributed by atoms with Crippen LogP contribution in [0, 0.1) is 0 Å². The smallest absolute Gasteiger partial charge is 0.338 e. The van der Waals surface area contributed by atoms with Crippen molar-refractivity contribution in [3.8, 4) is 0 Å². The average molecular weight is 588 g/mol. The Labute approximate surface area is 218 Å². The van der Waals surface area contributed by atoms with Gasteiger partial charge in [0.1, 0.15) is 18.1 Å². The third-order valence-corrected chi connectivity index (χ3v) is 6.72. The Morgan fingerprint density at radius 3 is 2.03 bits per heavy atom. The van der Waals surface area contributed by atoms with E-state index < -0.39 is 76.5 Å². The summed E-state index contributed by atoms with van der Waals surface area (Å²) in [5, 5.41) is 0.620. The van der Waals surface area contributed by atoms with Crippen molar-refractivity contribution < 1.29 is 53.9 Å². The highest BCUT2D eigenvalue weighted by molar-refractivity contribution is 6.32. The zero-order valence-corrected chi connectivity index (χ0v) is 19.9. The molecule has 210 valence electrons. The van der Waals surface area contributed by atoms with Crippen LogP contribution in [0.15, 0.2) is 41.4 Å². The minimum absolute atomic E-state index is 0.0153. The van der Waals surface area contributed by atoms with E-state index in [1.165, 1.54) is 24.3 Å². The monoisotopic (exact) mass is 587 g/mol. The van der Waals surface area contributed by atoms with Crippen LogP contribution in [-0.2, 0) is 27.4 Å². The van der Waals surface area contributed by atoms with Crippen LogP contribution in [-0.4, -0.2) is 42.9 Å². The summed E-state index contributed by atoms with van der Waals surface area (Å²) in [7, 11) is 0. The number of nitrogens with one attached hydrogen (secondary N) is 2. The number of carbonyl (C=O) groups excluding carboxylic acids is 2. The molecule has 2 heterocycles. The molecular formula is C23H15ClF9N3O3. The van der Waals surface area contributed by atoms with Crippen LogP contribution in [0.5, 0.6) is 0 Å². The number of hydrogen-bond acceptors (Lipinski definition) is 4. The molecule has 0 radical (unpaired) electrons. The summed E-state index contributed by atoms with van der Waals surface area (Å²) in [6.07, 6.45) is -17.3. The molecule has 2 aliphatic heterocycles. The quantitative estimate of drug-likeness (QED) is 0.481. The van der Waals surface area contributed by atoms with E-state index in [1.807, 2.05) is 5.48 Å². The first-order valence-corrected chi connectivity index (χ1v) is 11.2. The lowest BCUT2D eigenvalue weighted by Gasteiger charge is -2.33. The fourth-order valence-electron chi connectivity index (χ4n) is 4.19. The first-order valence-electron chi connectivity index (χ1n) is 10.9. The van der Waals surface area contributed by atoms with Crippen LogP contribution in [0.4, 0.5) is 39.5 Å². The topological polar surface area (TPSA) is 79.8 Å². The number of halogens is 10. The van der Waals surface area contributed by atoms with Gasteiger partial charge >= 0.3 is 18.5 Å². The van der Waals surface area contributed by atoms with Gasteiger partial charge < -0.3 is 5.32 Å². The first kappa shape index (κ1) is 28.7. The predicted molar refractivity (Wildman–Crippen MR) is 117 cm³/mol. The number of hydrogen-bond donors (Lipinski definition) is 2. The number of rotatable bonds is 4. The maximum atomic E-state index is 14.4. The molecule has 2 aromatic carbocycles. The zero-order chi connectivity index (χ0) is 29.0. The Bertz CT molecular complexity index is 1300. The van der Waals surface area contributed by atoms with Crippen molar-refractivity contribution >= 4 is 29.1 Å². The molecule has 16 heteroatoms. The van der Waals surface area contributed by atoms with Crippen molar-refractivity contribution in [3.05, 3.63) is 69.2 Å². The van der Waals surface area contributed by atoms with Crippen molar-refractivity contribution in [2.75, 3.05) is 13.2 Å².